The molecule has 19 heavy (non-hydrogen) atoms. The van der Waals surface area contributed by atoms with Gasteiger partial charge < -0.3 is 16.2 Å². The third-order valence-corrected chi connectivity index (χ3v) is 2.33. The molecule has 0 saturated carbocycles. The van der Waals surface area contributed by atoms with Crippen molar-refractivity contribution < 1.29 is 9.53 Å². The molecule has 0 amide bonds. The maximum Gasteiger partial charge on any atom is 0.345 e. The van der Waals surface area contributed by atoms with Crippen molar-refractivity contribution in [2.24, 2.45) is 16.5 Å². The number of carbonyl (C=O) groups excluding carboxylic acids is 1. The Kier molecular flexibility index (Phi) is 3.78. The van der Waals surface area contributed by atoms with E-state index in [1.165, 1.54) is 0 Å². The van der Waals surface area contributed by atoms with E-state index in [0.29, 0.717) is 17.0 Å². The van der Waals surface area contributed by atoms with E-state index in [1.807, 2.05) is 6.07 Å². The molecule has 0 saturated heterocycles. The van der Waals surface area contributed by atoms with Crippen molar-refractivity contribution in [1.82, 2.24) is 0 Å². The van der Waals surface area contributed by atoms with Crippen LogP contribution in [0.25, 0.3) is 0 Å². The molecule has 2 rings (SSSR count). The van der Waals surface area contributed by atoms with Crippen molar-refractivity contribution in [1.29, 1.82) is 0 Å². The summed E-state index contributed by atoms with van der Waals surface area (Å²) >= 11 is 0. The zero-order valence-corrected chi connectivity index (χ0v) is 10.1. The van der Waals surface area contributed by atoms with Crippen molar-refractivity contribution in [2.75, 3.05) is 0 Å². The number of benzene rings is 2. The number of guanidine groups is 1. The molecule has 96 valence electrons. The molecule has 0 unspecified atom stereocenters. The second-order valence-electron chi connectivity index (χ2n) is 3.76. The lowest BCUT2D eigenvalue weighted by Gasteiger charge is -2.06. The monoisotopic (exact) mass is 255 g/mol. The molecule has 0 radical (unpaired) electrons. The number of carbonyl (C=O) groups is 1. The van der Waals surface area contributed by atoms with Gasteiger partial charge in [0.05, 0.1) is 11.3 Å². The Labute approximate surface area is 110 Å². The topological polar surface area (TPSA) is 90.7 Å². The van der Waals surface area contributed by atoms with E-state index in [0.717, 1.165) is 0 Å². The molecule has 5 nitrogen and oxygen atoms in total. The molecule has 2 aromatic carbocycles. The highest BCUT2D eigenvalue weighted by atomic mass is 16.5. The van der Waals surface area contributed by atoms with Gasteiger partial charge in [0, 0.05) is 0 Å². The van der Waals surface area contributed by atoms with Crippen molar-refractivity contribution in [2.45, 2.75) is 0 Å². The number of esters is 1. The quantitative estimate of drug-likeness (QED) is 0.379. The van der Waals surface area contributed by atoms with Crippen LogP contribution in [0.2, 0.25) is 0 Å². The van der Waals surface area contributed by atoms with E-state index in [-0.39, 0.29) is 5.96 Å². The first-order valence-electron chi connectivity index (χ1n) is 5.62. The van der Waals surface area contributed by atoms with Crippen LogP contribution in [0.3, 0.4) is 0 Å². The summed E-state index contributed by atoms with van der Waals surface area (Å²) in [5.41, 5.74) is 11.3. The number of hydrogen-bond acceptors (Lipinski definition) is 3. The summed E-state index contributed by atoms with van der Waals surface area (Å²) in [6.07, 6.45) is 0. The van der Waals surface area contributed by atoms with Crippen LogP contribution in [-0.2, 0) is 0 Å². The van der Waals surface area contributed by atoms with Crippen LogP contribution in [-0.4, -0.2) is 11.9 Å². The summed E-state index contributed by atoms with van der Waals surface area (Å²) in [5.74, 6) is -0.154. The second kappa shape index (κ2) is 5.68. The van der Waals surface area contributed by atoms with Crippen LogP contribution >= 0.6 is 0 Å². The van der Waals surface area contributed by atoms with Gasteiger partial charge in [-0.05, 0) is 24.3 Å². The van der Waals surface area contributed by atoms with Gasteiger partial charge in [-0.1, -0.05) is 30.3 Å². The highest BCUT2D eigenvalue weighted by Gasteiger charge is 2.12. The van der Waals surface area contributed by atoms with Crippen LogP contribution in [0, 0.1) is 0 Å². The van der Waals surface area contributed by atoms with Gasteiger partial charge in [-0.15, -0.1) is 0 Å². The molecule has 0 heterocycles. The van der Waals surface area contributed by atoms with Crippen molar-refractivity contribution in [3.8, 4) is 5.75 Å². The molecule has 4 N–H and O–H groups in total. The summed E-state index contributed by atoms with van der Waals surface area (Å²) in [5, 5.41) is 0. The van der Waals surface area contributed by atoms with Crippen LogP contribution in [0.5, 0.6) is 5.75 Å². The molecule has 0 aliphatic heterocycles. The molecule has 0 spiro atoms. The van der Waals surface area contributed by atoms with E-state index in [2.05, 4.69) is 4.99 Å². The SMILES string of the molecule is NC(N)=Nc1ccccc1C(=O)Oc1ccccc1. The van der Waals surface area contributed by atoms with Gasteiger partial charge in [-0.3, -0.25) is 0 Å². The highest BCUT2D eigenvalue weighted by molar-refractivity contribution is 5.97. The maximum atomic E-state index is 12.0. The average molecular weight is 255 g/mol. The van der Waals surface area contributed by atoms with Gasteiger partial charge >= 0.3 is 5.97 Å². The Morgan fingerprint density at radius 1 is 0.947 bits per heavy atom. The number of para-hydroxylation sites is 2. The first-order chi connectivity index (χ1) is 9.16. The third kappa shape index (κ3) is 3.32. The van der Waals surface area contributed by atoms with Gasteiger partial charge in [0.25, 0.3) is 0 Å². The predicted octanol–water partition coefficient (Wildman–Crippen LogP) is 1.81. The molecule has 0 fully saturated rings. The molecule has 2 aromatic rings. The van der Waals surface area contributed by atoms with Gasteiger partial charge in [-0.2, -0.15) is 0 Å². The molecule has 0 aliphatic carbocycles. The van der Waals surface area contributed by atoms with Gasteiger partial charge in [0.2, 0.25) is 0 Å². The zero-order chi connectivity index (χ0) is 13.7. The van der Waals surface area contributed by atoms with E-state index in [4.69, 9.17) is 16.2 Å². The minimum Gasteiger partial charge on any atom is -0.423 e. The summed E-state index contributed by atoms with van der Waals surface area (Å²) in [7, 11) is 0. The van der Waals surface area contributed by atoms with Crippen LogP contribution in [0.15, 0.2) is 59.6 Å². The third-order valence-electron chi connectivity index (χ3n) is 2.33. The van der Waals surface area contributed by atoms with Gasteiger partial charge in [0.15, 0.2) is 5.96 Å². The van der Waals surface area contributed by atoms with Gasteiger partial charge in [0.1, 0.15) is 5.75 Å². The molecular formula is C14H13N3O2. The predicted molar refractivity (Wildman–Crippen MR) is 73.3 cm³/mol. The highest BCUT2D eigenvalue weighted by Crippen LogP contribution is 2.20. The van der Waals surface area contributed by atoms with E-state index in [9.17, 15) is 4.79 Å². The summed E-state index contributed by atoms with van der Waals surface area (Å²) in [6, 6.07) is 15.5. The number of aliphatic imine (C=N–C) groups is 1. The van der Waals surface area contributed by atoms with E-state index in [1.54, 1.807) is 48.5 Å². The van der Waals surface area contributed by atoms with Crippen molar-refractivity contribution in [3.05, 3.63) is 60.2 Å². The Morgan fingerprint density at radius 3 is 2.26 bits per heavy atom. The Morgan fingerprint density at radius 2 is 1.58 bits per heavy atom. The fourth-order valence-electron chi connectivity index (χ4n) is 1.53. The maximum absolute atomic E-state index is 12.0. The fraction of sp³-hybridized carbons (Fsp3) is 0. The smallest absolute Gasteiger partial charge is 0.345 e. The second-order valence-corrected chi connectivity index (χ2v) is 3.76. The minimum atomic E-state index is -0.508. The van der Waals surface area contributed by atoms with Crippen molar-refractivity contribution >= 4 is 17.6 Å². The largest absolute Gasteiger partial charge is 0.423 e. The summed E-state index contributed by atoms with van der Waals surface area (Å²) in [4.78, 5) is 15.9. The number of ether oxygens (including phenoxy) is 1. The molecule has 5 heteroatoms. The number of hydrogen-bond donors (Lipinski definition) is 2. The standard InChI is InChI=1S/C14H13N3O2/c15-14(16)17-12-9-5-4-8-11(12)13(18)19-10-6-2-1-3-7-10/h1-9H,(H4,15,16,17). The molecular weight excluding hydrogens is 242 g/mol. The van der Waals surface area contributed by atoms with Crippen LogP contribution in [0.1, 0.15) is 10.4 Å². The summed E-state index contributed by atoms with van der Waals surface area (Å²) < 4.78 is 5.23. The number of nitrogens with zero attached hydrogens (tertiary/aromatic N) is 1. The fourth-order valence-corrected chi connectivity index (χ4v) is 1.53. The molecule has 0 aromatic heterocycles. The lowest BCUT2D eigenvalue weighted by atomic mass is 10.2. The first kappa shape index (κ1) is 12.6. The van der Waals surface area contributed by atoms with Crippen LogP contribution < -0.4 is 16.2 Å². The van der Waals surface area contributed by atoms with Gasteiger partial charge in [-0.25, -0.2) is 9.79 Å². The Hall–Kier alpha value is -2.82. The van der Waals surface area contributed by atoms with Crippen LogP contribution in [0.4, 0.5) is 5.69 Å². The minimum absolute atomic E-state index is 0.111. The number of rotatable bonds is 3. The normalized spacial score (nSPS) is 9.68. The molecule has 0 atom stereocenters. The molecule has 0 aliphatic rings. The first-order valence-corrected chi connectivity index (χ1v) is 5.62. The Bertz CT molecular complexity index is 605. The lowest BCUT2D eigenvalue weighted by Crippen LogP contribution is -2.22. The zero-order valence-electron chi connectivity index (χ0n) is 10.1. The van der Waals surface area contributed by atoms with E-state index >= 15 is 0 Å². The lowest BCUT2D eigenvalue weighted by molar-refractivity contribution is 0.0735. The number of nitrogens with two attached hydrogens (primary N) is 2. The average Bonchev–Trinajstić information content (AvgIpc) is 2.39. The molecule has 0 bridgehead atoms. The Balaban J connectivity index is 2.27. The summed E-state index contributed by atoms with van der Waals surface area (Å²) in [6.45, 7) is 0. The van der Waals surface area contributed by atoms with Crippen molar-refractivity contribution in [3.63, 3.8) is 0 Å². The van der Waals surface area contributed by atoms with E-state index < -0.39 is 5.97 Å².